The van der Waals surface area contributed by atoms with Gasteiger partial charge in [-0.1, -0.05) is 35.9 Å². The molecule has 3 rings (SSSR count). The minimum absolute atomic E-state index is 0.233. The van der Waals surface area contributed by atoms with Crippen molar-refractivity contribution in [3.8, 4) is 0 Å². The number of halogens is 2. The summed E-state index contributed by atoms with van der Waals surface area (Å²) in [4.78, 5) is 4.53. The molecule has 0 aliphatic rings. The van der Waals surface area contributed by atoms with E-state index in [1.807, 2.05) is 42.5 Å². The van der Waals surface area contributed by atoms with Gasteiger partial charge in [-0.15, -0.1) is 0 Å². The molecule has 0 saturated carbocycles. The molecule has 0 aliphatic carbocycles. The number of fused-ring (bicyclic) bond motifs is 1. The largest absolute Gasteiger partial charge is 0.248 e. The number of benzene rings is 2. The van der Waals surface area contributed by atoms with Crippen LogP contribution in [-0.4, -0.2) is 4.98 Å². The lowest BCUT2D eigenvalue weighted by Crippen LogP contribution is -1.83. The van der Waals surface area contributed by atoms with E-state index in [0.717, 1.165) is 22.2 Å². The summed E-state index contributed by atoms with van der Waals surface area (Å²) in [6, 6.07) is 15.9. The van der Waals surface area contributed by atoms with Crippen LogP contribution in [0.15, 0.2) is 54.6 Å². The van der Waals surface area contributed by atoms with Crippen molar-refractivity contribution >= 4 is 34.7 Å². The minimum atomic E-state index is -0.233. The van der Waals surface area contributed by atoms with Crippen LogP contribution in [-0.2, 0) is 0 Å². The van der Waals surface area contributed by atoms with Crippen LogP contribution in [0.5, 0.6) is 0 Å². The smallest absolute Gasteiger partial charge is 0.123 e. The third-order valence-corrected chi connectivity index (χ3v) is 3.22. The summed E-state index contributed by atoms with van der Waals surface area (Å²) in [6.07, 6.45) is 3.81. The molecule has 1 heterocycles. The lowest BCUT2D eigenvalue weighted by atomic mass is 10.1. The fraction of sp³-hybridized carbons (Fsp3) is 0. The van der Waals surface area contributed by atoms with E-state index < -0.39 is 0 Å². The molecule has 0 N–H and O–H groups in total. The van der Waals surface area contributed by atoms with Gasteiger partial charge >= 0.3 is 0 Å². The second kappa shape index (κ2) is 5.43. The molecular formula is C17H11ClFN. The Balaban J connectivity index is 1.90. The van der Waals surface area contributed by atoms with Crippen molar-refractivity contribution in [3.05, 3.63) is 76.7 Å². The van der Waals surface area contributed by atoms with E-state index in [-0.39, 0.29) is 5.82 Å². The highest BCUT2D eigenvalue weighted by Gasteiger charge is 1.97. The molecule has 1 aromatic heterocycles. The van der Waals surface area contributed by atoms with Crippen LogP contribution in [0.4, 0.5) is 4.39 Å². The van der Waals surface area contributed by atoms with Gasteiger partial charge in [0, 0.05) is 10.4 Å². The number of hydrogen-bond acceptors (Lipinski definition) is 1. The fourth-order valence-electron chi connectivity index (χ4n) is 1.96. The van der Waals surface area contributed by atoms with Gasteiger partial charge in [-0.2, -0.15) is 0 Å². The molecule has 0 amide bonds. The maximum atomic E-state index is 12.8. The molecule has 0 atom stereocenters. The van der Waals surface area contributed by atoms with Gasteiger partial charge in [0.15, 0.2) is 0 Å². The van der Waals surface area contributed by atoms with E-state index in [9.17, 15) is 4.39 Å². The van der Waals surface area contributed by atoms with E-state index >= 15 is 0 Å². The van der Waals surface area contributed by atoms with Crippen LogP contribution in [0.1, 0.15) is 11.3 Å². The first-order chi connectivity index (χ1) is 9.70. The molecular weight excluding hydrogens is 273 g/mol. The highest BCUT2D eigenvalue weighted by molar-refractivity contribution is 6.31. The summed E-state index contributed by atoms with van der Waals surface area (Å²) in [5.41, 5.74) is 2.68. The maximum Gasteiger partial charge on any atom is 0.123 e. The SMILES string of the molecule is Fc1ccc(/C=C/c2ccc3cc(Cl)ccc3n2)cc1. The maximum absolute atomic E-state index is 12.8. The van der Waals surface area contributed by atoms with E-state index in [0.29, 0.717) is 5.02 Å². The molecule has 0 spiro atoms. The molecule has 0 fully saturated rings. The van der Waals surface area contributed by atoms with Crippen molar-refractivity contribution < 1.29 is 4.39 Å². The summed E-state index contributed by atoms with van der Waals surface area (Å²) in [6.45, 7) is 0. The number of nitrogens with zero attached hydrogens (tertiary/aromatic N) is 1. The molecule has 3 aromatic rings. The molecule has 0 saturated heterocycles. The standard InChI is InChI=1S/C17H11ClFN/c18-14-5-10-17-13(11-14)4-9-16(20-17)8-3-12-1-6-15(19)7-2-12/h1-11H/b8-3+. The van der Waals surface area contributed by atoms with Crippen molar-refractivity contribution in [3.63, 3.8) is 0 Å². The first kappa shape index (κ1) is 12.8. The molecule has 0 bridgehead atoms. The Morgan fingerprint density at radius 3 is 2.50 bits per heavy atom. The van der Waals surface area contributed by atoms with Gasteiger partial charge in [-0.3, -0.25) is 0 Å². The molecule has 20 heavy (non-hydrogen) atoms. The summed E-state index contributed by atoms with van der Waals surface area (Å²) < 4.78 is 12.8. The van der Waals surface area contributed by atoms with Crippen molar-refractivity contribution in [2.45, 2.75) is 0 Å². The van der Waals surface area contributed by atoms with Crippen LogP contribution < -0.4 is 0 Å². The molecule has 98 valence electrons. The van der Waals surface area contributed by atoms with Crippen LogP contribution in [0.2, 0.25) is 5.02 Å². The van der Waals surface area contributed by atoms with Crippen LogP contribution in [0.3, 0.4) is 0 Å². The normalized spacial score (nSPS) is 11.3. The monoisotopic (exact) mass is 283 g/mol. The third-order valence-electron chi connectivity index (χ3n) is 2.99. The number of hydrogen-bond donors (Lipinski definition) is 0. The Morgan fingerprint density at radius 1 is 0.900 bits per heavy atom. The molecule has 3 heteroatoms. The average molecular weight is 284 g/mol. The Morgan fingerprint density at radius 2 is 1.70 bits per heavy atom. The summed E-state index contributed by atoms with van der Waals surface area (Å²) in [7, 11) is 0. The molecule has 1 nitrogen and oxygen atoms in total. The molecule has 2 aromatic carbocycles. The molecule has 0 radical (unpaired) electrons. The topological polar surface area (TPSA) is 12.9 Å². The van der Waals surface area contributed by atoms with Gasteiger partial charge in [-0.25, -0.2) is 9.37 Å². The fourth-order valence-corrected chi connectivity index (χ4v) is 2.14. The predicted octanol–water partition coefficient (Wildman–Crippen LogP) is 5.20. The summed E-state index contributed by atoms with van der Waals surface area (Å²) in [5.74, 6) is -0.233. The van der Waals surface area contributed by atoms with Crippen LogP contribution in [0, 0.1) is 5.82 Å². The minimum Gasteiger partial charge on any atom is -0.248 e. The third kappa shape index (κ3) is 2.86. The Kier molecular flexibility index (Phi) is 3.48. The van der Waals surface area contributed by atoms with Crippen molar-refractivity contribution in [2.75, 3.05) is 0 Å². The first-order valence-corrected chi connectivity index (χ1v) is 6.58. The average Bonchev–Trinajstić information content (AvgIpc) is 2.46. The predicted molar refractivity (Wildman–Crippen MR) is 82.1 cm³/mol. The number of pyridine rings is 1. The number of rotatable bonds is 2. The van der Waals surface area contributed by atoms with E-state index in [1.165, 1.54) is 12.1 Å². The Labute approximate surface area is 121 Å². The van der Waals surface area contributed by atoms with Crippen LogP contribution in [0.25, 0.3) is 23.1 Å². The zero-order valence-electron chi connectivity index (χ0n) is 10.6. The second-order valence-corrected chi connectivity index (χ2v) is 4.89. The van der Waals surface area contributed by atoms with E-state index in [4.69, 9.17) is 11.6 Å². The quantitative estimate of drug-likeness (QED) is 0.630. The van der Waals surface area contributed by atoms with Crippen molar-refractivity contribution in [1.29, 1.82) is 0 Å². The van der Waals surface area contributed by atoms with Crippen molar-refractivity contribution in [1.82, 2.24) is 4.98 Å². The van der Waals surface area contributed by atoms with Gasteiger partial charge in [0.05, 0.1) is 11.2 Å². The number of aromatic nitrogens is 1. The van der Waals surface area contributed by atoms with Crippen molar-refractivity contribution in [2.24, 2.45) is 0 Å². The Hall–Kier alpha value is -2.19. The van der Waals surface area contributed by atoms with Crippen LogP contribution >= 0.6 is 11.6 Å². The van der Waals surface area contributed by atoms with Gasteiger partial charge in [0.1, 0.15) is 5.82 Å². The van der Waals surface area contributed by atoms with Gasteiger partial charge in [0.2, 0.25) is 0 Å². The van der Waals surface area contributed by atoms with Gasteiger partial charge < -0.3 is 0 Å². The van der Waals surface area contributed by atoms with Gasteiger partial charge in [-0.05, 0) is 48.0 Å². The lowest BCUT2D eigenvalue weighted by Gasteiger charge is -2.00. The lowest BCUT2D eigenvalue weighted by molar-refractivity contribution is 0.628. The second-order valence-electron chi connectivity index (χ2n) is 4.46. The zero-order chi connectivity index (χ0) is 13.9. The summed E-state index contributed by atoms with van der Waals surface area (Å²) >= 11 is 5.94. The Bertz CT molecular complexity index is 779. The molecule has 0 unspecified atom stereocenters. The van der Waals surface area contributed by atoms with E-state index in [2.05, 4.69) is 4.98 Å². The van der Waals surface area contributed by atoms with E-state index in [1.54, 1.807) is 12.1 Å². The summed E-state index contributed by atoms with van der Waals surface area (Å²) in [5, 5.41) is 1.71. The highest BCUT2D eigenvalue weighted by Crippen LogP contribution is 2.19. The highest BCUT2D eigenvalue weighted by atomic mass is 35.5. The molecule has 0 aliphatic heterocycles. The zero-order valence-corrected chi connectivity index (χ0v) is 11.3. The van der Waals surface area contributed by atoms with Gasteiger partial charge in [0.25, 0.3) is 0 Å². The first-order valence-electron chi connectivity index (χ1n) is 6.21.